The predicted molar refractivity (Wildman–Crippen MR) is 62.6 cm³/mol. The smallest absolute Gasteiger partial charge is 0.140 e. The maximum Gasteiger partial charge on any atom is 0.140 e. The van der Waals surface area contributed by atoms with Gasteiger partial charge in [-0.25, -0.2) is 0 Å². The highest BCUT2D eigenvalue weighted by Gasteiger charge is 2.20. The number of Topliss-reactive ketones (excluding diaryl/α,β-unsaturated/α-hetero) is 1. The van der Waals surface area contributed by atoms with Crippen molar-refractivity contribution in [2.24, 2.45) is 5.41 Å². The zero-order valence-electron chi connectivity index (χ0n) is 10.9. The van der Waals surface area contributed by atoms with E-state index < -0.39 is 0 Å². The Morgan fingerprint density at radius 3 is 1.94 bits per heavy atom. The molecular formula is C12H24O4. The zero-order chi connectivity index (χ0) is 12.4. The van der Waals surface area contributed by atoms with Gasteiger partial charge in [-0.15, -0.1) is 0 Å². The predicted octanol–water partition coefficient (Wildman–Crippen LogP) is 1.67. The number of carbonyl (C=O) groups is 1. The molecular weight excluding hydrogens is 208 g/mol. The standard InChI is InChI=1S/C12H24O4/c1-12(2,3)11(13)5-6-15-9-10-16-8-7-14-4/h5-10H2,1-4H3. The summed E-state index contributed by atoms with van der Waals surface area (Å²) in [5, 5.41) is 0. The number of ketones is 1. The first-order valence-electron chi connectivity index (χ1n) is 5.66. The third kappa shape index (κ3) is 8.83. The second-order valence-corrected chi connectivity index (χ2v) is 4.64. The number of rotatable bonds is 9. The van der Waals surface area contributed by atoms with Crippen molar-refractivity contribution in [3.63, 3.8) is 0 Å². The summed E-state index contributed by atoms with van der Waals surface area (Å²) < 4.78 is 15.3. The summed E-state index contributed by atoms with van der Waals surface area (Å²) in [5.41, 5.74) is -0.266. The van der Waals surface area contributed by atoms with Crippen LogP contribution in [-0.2, 0) is 19.0 Å². The van der Waals surface area contributed by atoms with Gasteiger partial charge < -0.3 is 14.2 Å². The molecule has 0 saturated heterocycles. The Bertz CT molecular complexity index is 184. The first kappa shape index (κ1) is 15.6. The van der Waals surface area contributed by atoms with Gasteiger partial charge in [0.15, 0.2) is 0 Å². The molecule has 0 saturated carbocycles. The van der Waals surface area contributed by atoms with Crippen LogP contribution in [0.4, 0.5) is 0 Å². The molecule has 0 N–H and O–H groups in total. The summed E-state index contributed by atoms with van der Waals surface area (Å²) in [7, 11) is 1.64. The van der Waals surface area contributed by atoms with Crippen molar-refractivity contribution < 1.29 is 19.0 Å². The molecule has 0 aliphatic carbocycles. The molecule has 0 spiro atoms. The molecule has 4 heteroatoms. The summed E-state index contributed by atoms with van der Waals surface area (Å²) in [6.45, 7) is 8.50. The fraction of sp³-hybridized carbons (Fsp3) is 0.917. The van der Waals surface area contributed by atoms with E-state index in [2.05, 4.69) is 0 Å². The van der Waals surface area contributed by atoms with Gasteiger partial charge in [-0.2, -0.15) is 0 Å². The van der Waals surface area contributed by atoms with Crippen LogP contribution in [0.1, 0.15) is 27.2 Å². The average Bonchev–Trinajstić information content (AvgIpc) is 2.20. The number of hydrogen-bond acceptors (Lipinski definition) is 4. The Morgan fingerprint density at radius 1 is 0.938 bits per heavy atom. The summed E-state index contributed by atoms with van der Waals surface area (Å²) in [6, 6.07) is 0. The van der Waals surface area contributed by atoms with Crippen molar-refractivity contribution in [1.82, 2.24) is 0 Å². The topological polar surface area (TPSA) is 44.8 Å². The summed E-state index contributed by atoms with van der Waals surface area (Å²) >= 11 is 0. The van der Waals surface area contributed by atoms with Crippen LogP contribution in [0.25, 0.3) is 0 Å². The lowest BCUT2D eigenvalue weighted by Gasteiger charge is -2.16. The lowest BCUT2D eigenvalue weighted by atomic mass is 9.89. The van der Waals surface area contributed by atoms with Gasteiger partial charge in [0.25, 0.3) is 0 Å². The highest BCUT2D eigenvalue weighted by molar-refractivity contribution is 5.83. The molecule has 0 unspecified atom stereocenters. The summed E-state index contributed by atoms with van der Waals surface area (Å²) in [5.74, 6) is 0.229. The number of hydrogen-bond donors (Lipinski definition) is 0. The normalized spacial score (nSPS) is 11.8. The molecule has 16 heavy (non-hydrogen) atoms. The van der Waals surface area contributed by atoms with Crippen molar-refractivity contribution in [3.05, 3.63) is 0 Å². The van der Waals surface area contributed by atoms with Crippen molar-refractivity contribution in [1.29, 1.82) is 0 Å². The molecule has 0 fully saturated rings. The molecule has 0 aliphatic rings. The second-order valence-electron chi connectivity index (χ2n) is 4.64. The molecule has 0 atom stereocenters. The lowest BCUT2D eigenvalue weighted by molar-refractivity contribution is -0.127. The zero-order valence-corrected chi connectivity index (χ0v) is 10.9. The van der Waals surface area contributed by atoms with E-state index in [1.807, 2.05) is 20.8 Å². The van der Waals surface area contributed by atoms with E-state index in [-0.39, 0.29) is 11.2 Å². The Morgan fingerprint density at radius 2 is 1.44 bits per heavy atom. The molecule has 4 nitrogen and oxygen atoms in total. The van der Waals surface area contributed by atoms with Crippen LogP contribution in [-0.4, -0.2) is 45.9 Å². The minimum atomic E-state index is -0.266. The molecule has 0 bridgehead atoms. The molecule has 0 radical (unpaired) electrons. The Labute approximate surface area is 98.3 Å². The van der Waals surface area contributed by atoms with Crippen molar-refractivity contribution >= 4 is 5.78 Å². The monoisotopic (exact) mass is 232 g/mol. The van der Waals surface area contributed by atoms with E-state index in [0.717, 1.165) is 0 Å². The molecule has 0 aromatic rings. The van der Waals surface area contributed by atoms with E-state index in [9.17, 15) is 4.79 Å². The molecule has 96 valence electrons. The van der Waals surface area contributed by atoms with Gasteiger partial charge in [-0.05, 0) is 0 Å². The minimum absolute atomic E-state index is 0.229. The van der Waals surface area contributed by atoms with E-state index in [1.54, 1.807) is 7.11 Å². The second kappa shape index (κ2) is 8.67. The first-order valence-corrected chi connectivity index (χ1v) is 5.66. The van der Waals surface area contributed by atoms with Crippen LogP contribution in [0.3, 0.4) is 0 Å². The van der Waals surface area contributed by atoms with E-state index >= 15 is 0 Å². The van der Waals surface area contributed by atoms with Gasteiger partial charge in [0.1, 0.15) is 5.78 Å². The van der Waals surface area contributed by atoms with E-state index in [4.69, 9.17) is 14.2 Å². The van der Waals surface area contributed by atoms with Crippen LogP contribution < -0.4 is 0 Å². The fourth-order valence-corrected chi connectivity index (χ4v) is 1.00. The van der Waals surface area contributed by atoms with Gasteiger partial charge in [0.2, 0.25) is 0 Å². The summed E-state index contributed by atoms with van der Waals surface area (Å²) in [4.78, 5) is 11.5. The van der Waals surface area contributed by atoms with E-state index in [0.29, 0.717) is 39.5 Å². The first-order chi connectivity index (χ1) is 7.48. The molecule has 0 aromatic heterocycles. The van der Waals surface area contributed by atoms with Crippen LogP contribution >= 0.6 is 0 Å². The highest BCUT2D eigenvalue weighted by atomic mass is 16.5. The van der Waals surface area contributed by atoms with Crippen LogP contribution in [0.5, 0.6) is 0 Å². The van der Waals surface area contributed by atoms with Crippen LogP contribution in [0, 0.1) is 5.41 Å². The lowest BCUT2D eigenvalue weighted by Crippen LogP contribution is -2.21. The van der Waals surface area contributed by atoms with Gasteiger partial charge in [0.05, 0.1) is 33.0 Å². The fourth-order valence-electron chi connectivity index (χ4n) is 1.00. The Kier molecular flexibility index (Phi) is 8.43. The van der Waals surface area contributed by atoms with E-state index in [1.165, 1.54) is 0 Å². The Balaban J connectivity index is 3.25. The van der Waals surface area contributed by atoms with Gasteiger partial charge in [-0.3, -0.25) is 4.79 Å². The highest BCUT2D eigenvalue weighted by Crippen LogP contribution is 2.16. The summed E-state index contributed by atoms with van der Waals surface area (Å²) in [6.07, 6.45) is 0.474. The molecule has 0 heterocycles. The van der Waals surface area contributed by atoms with Crippen LogP contribution in [0.15, 0.2) is 0 Å². The molecule has 0 rings (SSSR count). The number of ether oxygens (including phenoxy) is 3. The van der Waals surface area contributed by atoms with Gasteiger partial charge in [0, 0.05) is 18.9 Å². The van der Waals surface area contributed by atoms with Crippen molar-refractivity contribution in [2.75, 3.05) is 40.1 Å². The molecule has 0 aliphatic heterocycles. The SMILES string of the molecule is COCCOCCOCCC(=O)C(C)(C)C. The minimum Gasteiger partial charge on any atom is -0.382 e. The Hall–Kier alpha value is -0.450. The number of methoxy groups -OCH3 is 1. The maximum atomic E-state index is 11.5. The van der Waals surface area contributed by atoms with Gasteiger partial charge >= 0.3 is 0 Å². The quantitative estimate of drug-likeness (QED) is 0.567. The largest absolute Gasteiger partial charge is 0.382 e. The third-order valence-corrected chi connectivity index (χ3v) is 2.11. The molecule has 0 amide bonds. The van der Waals surface area contributed by atoms with Crippen LogP contribution in [0.2, 0.25) is 0 Å². The van der Waals surface area contributed by atoms with Crippen molar-refractivity contribution in [2.45, 2.75) is 27.2 Å². The third-order valence-electron chi connectivity index (χ3n) is 2.11. The van der Waals surface area contributed by atoms with Crippen molar-refractivity contribution in [3.8, 4) is 0 Å². The maximum absolute atomic E-state index is 11.5. The number of carbonyl (C=O) groups excluding carboxylic acids is 1. The molecule has 0 aromatic carbocycles. The van der Waals surface area contributed by atoms with Gasteiger partial charge in [-0.1, -0.05) is 20.8 Å². The average molecular weight is 232 g/mol.